The Labute approximate surface area is 109 Å². The summed E-state index contributed by atoms with van der Waals surface area (Å²) in [5, 5.41) is 3.08. The summed E-state index contributed by atoms with van der Waals surface area (Å²) < 4.78 is 13.2. The van der Waals surface area contributed by atoms with Gasteiger partial charge in [0.05, 0.1) is 10.7 Å². The minimum Gasteiger partial charge on any atom is -0.247 e. The topological polar surface area (TPSA) is 12.9 Å². The van der Waals surface area contributed by atoms with Gasteiger partial charge >= 0.3 is 0 Å². The third-order valence-corrected chi connectivity index (χ3v) is 3.82. The zero-order chi connectivity index (χ0) is 12.3. The van der Waals surface area contributed by atoms with Crippen LogP contribution in [0.3, 0.4) is 0 Å². The van der Waals surface area contributed by atoms with Crippen LogP contribution in [0.5, 0.6) is 0 Å². The Bertz CT molecular complexity index is 498. The highest BCUT2D eigenvalue weighted by Crippen LogP contribution is 2.23. The first-order valence-corrected chi connectivity index (χ1v) is 6.83. The Balaban J connectivity index is 2.16. The lowest BCUT2D eigenvalue weighted by Gasteiger charge is -2.12. The molecule has 1 aromatic heterocycles. The highest BCUT2D eigenvalue weighted by molar-refractivity contribution is 7.09. The SMILES string of the molecule is Cc1nc(CC(CCl)c2cccc(F)c2)cs1. The maximum absolute atomic E-state index is 13.2. The minimum atomic E-state index is -0.216. The third kappa shape index (κ3) is 3.27. The molecule has 0 amide bonds. The molecule has 4 heteroatoms. The van der Waals surface area contributed by atoms with Crippen LogP contribution in [0.1, 0.15) is 22.2 Å². The van der Waals surface area contributed by atoms with Gasteiger partial charge < -0.3 is 0 Å². The van der Waals surface area contributed by atoms with Gasteiger partial charge in [-0.2, -0.15) is 0 Å². The highest BCUT2D eigenvalue weighted by atomic mass is 35.5. The Morgan fingerprint density at radius 2 is 2.29 bits per heavy atom. The monoisotopic (exact) mass is 269 g/mol. The van der Waals surface area contributed by atoms with E-state index in [0.29, 0.717) is 5.88 Å². The second-order valence-electron chi connectivity index (χ2n) is 3.97. The van der Waals surface area contributed by atoms with Gasteiger partial charge in [-0.15, -0.1) is 22.9 Å². The molecule has 0 radical (unpaired) electrons. The summed E-state index contributed by atoms with van der Waals surface area (Å²) in [5.41, 5.74) is 1.97. The molecule has 1 nitrogen and oxygen atoms in total. The number of nitrogens with zero attached hydrogens (tertiary/aromatic N) is 1. The van der Waals surface area contributed by atoms with E-state index in [1.54, 1.807) is 23.5 Å². The van der Waals surface area contributed by atoms with Crippen LogP contribution in [0, 0.1) is 12.7 Å². The lowest BCUT2D eigenvalue weighted by Crippen LogP contribution is -2.05. The summed E-state index contributed by atoms with van der Waals surface area (Å²) >= 11 is 7.59. The summed E-state index contributed by atoms with van der Waals surface area (Å²) in [6.45, 7) is 1.98. The molecule has 0 N–H and O–H groups in total. The fourth-order valence-corrected chi connectivity index (χ4v) is 2.69. The van der Waals surface area contributed by atoms with Gasteiger partial charge in [-0.25, -0.2) is 9.37 Å². The van der Waals surface area contributed by atoms with Crippen LogP contribution < -0.4 is 0 Å². The van der Waals surface area contributed by atoms with Gasteiger partial charge in [0.1, 0.15) is 5.82 Å². The van der Waals surface area contributed by atoms with Crippen molar-refractivity contribution in [2.24, 2.45) is 0 Å². The molecule has 0 saturated carbocycles. The van der Waals surface area contributed by atoms with E-state index in [-0.39, 0.29) is 11.7 Å². The smallest absolute Gasteiger partial charge is 0.123 e. The van der Waals surface area contributed by atoms with Crippen molar-refractivity contribution in [3.05, 3.63) is 51.7 Å². The molecule has 1 aromatic carbocycles. The molecule has 2 aromatic rings. The van der Waals surface area contributed by atoms with Gasteiger partial charge in [-0.05, 0) is 31.0 Å². The second kappa shape index (κ2) is 5.61. The molecular formula is C13H13ClFNS. The molecule has 17 heavy (non-hydrogen) atoms. The van der Waals surface area contributed by atoms with Gasteiger partial charge in [0.25, 0.3) is 0 Å². The Kier molecular flexibility index (Phi) is 4.13. The van der Waals surface area contributed by atoms with Crippen molar-refractivity contribution in [3.63, 3.8) is 0 Å². The van der Waals surface area contributed by atoms with Gasteiger partial charge in [-0.3, -0.25) is 0 Å². The number of aryl methyl sites for hydroxylation is 1. The number of hydrogen-bond donors (Lipinski definition) is 0. The quantitative estimate of drug-likeness (QED) is 0.760. The summed E-state index contributed by atoms with van der Waals surface area (Å²) in [5.74, 6) is 0.376. The normalized spacial score (nSPS) is 12.6. The summed E-state index contributed by atoms with van der Waals surface area (Å²) in [6, 6.07) is 6.62. The van der Waals surface area contributed by atoms with Crippen molar-refractivity contribution in [1.82, 2.24) is 4.98 Å². The molecule has 0 fully saturated rings. The fraction of sp³-hybridized carbons (Fsp3) is 0.308. The molecule has 1 atom stereocenters. The zero-order valence-electron chi connectivity index (χ0n) is 9.49. The van der Waals surface area contributed by atoms with Crippen LogP contribution in [-0.4, -0.2) is 10.9 Å². The van der Waals surface area contributed by atoms with Crippen molar-refractivity contribution in [2.45, 2.75) is 19.3 Å². The Morgan fingerprint density at radius 3 is 2.88 bits per heavy atom. The summed E-state index contributed by atoms with van der Waals surface area (Å²) in [6.07, 6.45) is 0.761. The van der Waals surface area contributed by atoms with Gasteiger partial charge in [0, 0.05) is 17.2 Å². The first kappa shape index (κ1) is 12.5. The van der Waals surface area contributed by atoms with E-state index >= 15 is 0 Å². The Morgan fingerprint density at radius 1 is 1.47 bits per heavy atom. The van der Waals surface area contributed by atoms with E-state index in [1.165, 1.54) is 6.07 Å². The molecule has 1 heterocycles. The molecule has 0 saturated heterocycles. The zero-order valence-corrected chi connectivity index (χ0v) is 11.1. The maximum Gasteiger partial charge on any atom is 0.123 e. The molecule has 0 aliphatic rings. The predicted molar refractivity (Wildman–Crippen MR) is 70.4 cm³/mol. The largest absolute Gasteiger partial charge is 0.247 e. The number of aromatic nitrogens is 1. The molecule has 0 spiro atoms. The number of hydrogen-bond acceptors (Lipinski definition) is 2. The van der Waals surface area contributed by atoms with Crippen LogP contribution in [-0.2, 0) is 6.42 Å². The van der Waals surface area contributed by atoms with Crippen molar-refractivity contribution >= 4 is 22.9 Å². The Hall–Kier alpha value is -0.930. The number of halogens is 2. The number of alkyl halides is 1. The maximum atomic E-state index is 13.2. The van der Waals surface area contributed by atoms with Crippen molar-refractivity contribution in [2.75, 3.05) is 5.88 Å². The van der Waals surface area contributed by atoms with Crippen LogP contribution in [0.2, 0.25) is 0 Å². The summed E-state index contributed by atoms with van der Waals surface area (Å²) in [7, 11) is 0. The molecule has 90 valence electrons. The minimum absolute atomic E-state index is 0.119. The average molecular weight is 270 g/mol. The van der Waals surface area contributed by atoms with E-state index in [2.05, 4.69) is 4.98 Å². The number of thiazole rings is 1. The molecular weight excluding hydrogens is 257 g/mol. The highest BCUT2D eigenvalue weighted by Gasteiger charge is 2.13. The first-order valence-electron chi connectivity index (χ1n) is 5.41. The third-order valence-electron chi connectivity index (χ3n) is 2.63. The van der Waals surface area contributed by atoms with Crippen LogP contribution >= 0.6 is 22.9 Å². The number of benzene rings is 1. The van der Waals surface area contributed by atoms with Crippen molar-refractivity contribution in [3.8, 4) is 0 Å². The molecule has 0 aliphatic carbocycles. The molecule has 1 unspecified atom stereocenters. The van der Waals surface area contributed by atoms with E-state index in [1.807, 2.05) is 18.4 Å². The van der Waals surface area contributed by atoms with Crippen molar-refractivity contribution < 1.29 is 4.39 Å². The standard InChI is InChI=1S/C13H13ClFNS/c1-9-16-13(8-17-9)6-11(7-14)10-3-2-4-12(15)5-10/h2-5,8,11H,6-7H2,1H3. The van der Waals surface area contributed by atoms with E-state index in [0.717, 1.165) is 22.7 Å². The number of rotatable bonds is 4. The lowest BCUT2D eigenvalue weighted by molar-refractivity contribution is 0.621. The molecule has 2 rings (SSSR count). The van der Waals surface area contributed by atoms with Gasteiger partial charge in [-0.1, -0.05) is 12.1 Å². The van der Waals surface area contributed by atoms with Crippen molar-refractivity contribution in [1.29, 1.82) is 0 Å². The molecule has 0 bridgehead atoms. The van der Waals surface area contributed by atoms with Crippen LogP contribution in [0.15, 0.2) is 29.6 Å². The predicted octanol–water partition coefficient (Wildman–Crippen LogP) is 4.16. The first-order chi connectivity index (χ1) is 8.19. The van der Waals surface area contributed by atoms with Crippen LogP contribution in [0.4, 0.5) is 4.39 Å². The summed E-state index contributed by atoms with van der Waals surface area (Å²) in [4.78, 5) is 4.41. The van der Waals surface area contributed by atoms with Crippen LogP contribution in [0.25, 0.3) is 0 Å². The van der Waals surface area contributed by atoms with Gasteiger partial charge in [0.15, 0.2) is 0 Å². The van der Waals surface area contributed by atoms with E-state index in [4.69, 9.17) is 11.6 Å². The second-order valence-corrected chi connectivity index (χ2v) is 5.34. The van der Waals surface area contributed by atoms with Gasteiger partial charge in [0.2, 0.25) is 0 Å². The fourth-order valence-electron chi connectivity index (χ4n) is 1.78. The average Bonchev–Trinajstić information content (AvgIpc) is 2.72. The lowest BCUT2D eigenvalue weighted by atomic mass is 9.96. The van der Waals surface area contributed by atoms with E-state index in [9.17, 15) is 4.39 Å². The van der Waals surface area contributed by atoms with E-state index < -0.39 is 0 Å². The molecule has 0 aliphatic heterocycles.